The van der Waals surface area contributed by atoms with Crippen molar-refractivity contribution in [3.8, 4) is 0 Å². The topological polar surface area (TPSA) is 44.8 Å². The molecule has 0 fully saturated rings. The molecule has 138 valence electrons. The van der Waals surface area contributed by atoms with E-state index in [-0.39, 0.29) is 22.9 Å². The summed E-state index contributed by atoms with van der Waals surface area (Å²) in [5, 5.41) is 0. The molecular formula is C19H38O4. The van der Waals surface area contributed by atoms with Crippen LogP contribution in [0.1, 0.15) is 75.7 Å². The van der Waals surface area contributed by atoms with Crippen molar-refractivity contribution >= 4 is 5.97 Å². The van der Waals surface area contributed by atoms with Gasteiger partial charge in [0.1, 0.15) is 5.60 Å². The third-order valence-corrected chi connectivity index (χ3v) is 4.30. The number of hydrogen-bond donors (Lipinski definition) is 0. The molecule has 4 nitrogen and oxygen atoms in total. The molecule has 0 bridgehead atoms. The van der Waals surface area contributed by atoms with Crippen molar-refractivity contribution in [2.45, 2.75) is 93.0 Å². The normalized spacial score (nSPS) is 15.4. The van der Waals surface area contributed by atoms with Gasteiger partial charge in [0.2, 0.25) is 0 Å². The Kier molecular flexibility index (Phi) is 7.32. The van der Waals surface area contributed by atoms with Gasteiger partial charge >= 0.3 is 5.97 Å². The molecule has 1 atom stereocenters. The zero-order valence-electron chi connectivity index (χ0n) is 17.1. The van der Waals surface area contributed by atoms with Gasteiger partial charge in [0, 0.05) is 12.5 Å². The Hall–Kier alpha value is -0.610. The maximum absolute atomic E-state index is 12.6. The van der Waals surface area contributed by atoms with Crippen LogP contribution in [0, 0.1) is 10.8 Å². The van der Waals surface area contributed by atoms with E-state index in [0.717, 1.165) is 6.42 Å². The van der Waals surface area contributed by atoms with Gasteiger partial charge in [-0.25, -0.2) is 4.79 Å². The van der Waals surface area contributed by atoms with Gasteiger partial charge in [-0.2, -0.15) is 0 Å². The second-order valence-electron chi connectivity index (χ2n) is 9.62. The maximum atomic E-state index is 12.6. The number of rotatable bonds is 7. The zero-order chi connectivity index (χ0) is 18.7. The predicted octanol–water partition coefficient (Wildman–Crippen LogP) is 4.60. The molecule has 0 saturated carbocycles. The molecule has 0 saturated heterocycles. The fourth-order valence-electron chi connectivity index (χ4n) is 1.98. The SMILES string of the molecule is COCC(CC(C)(C)C)OC(C)(C)C(=O)OC(C)(C)C(C)(C)C. The van der Waals surface area contributed by atoms with Crippen LogP contribution in [0.2, 0.25) is 0 Å². The van der Waals surface area contributed by atoms with Crippen molar-refractivity contribution in [1.82, 2.24) is 0 Å². The molecule has 0 spiro atoms. The van der Waals surface area contributed by atoms with Crippen LogP contribution in [0.25, 0.3) is 0 Å². The summed E-state index contributed by atoms with van der Waals surface area (Å²) in [6.07, 6.45) is 0.653. The van der Waals surface area contributed by atoms with E-state index in [1.807, 2.05) is 13.8 Å². The summed E-state index contributed by atoms with van der Waals surface area (Å²) in [6, 6.07) is 0. The molecule has 23 heavy (non-hydrogen) atoms. The third kappa shape index (κ3) is 7.67. The maximum Gasteiger partial charge on any atom is 0.338 e. The summed E-state index contributed by atoms with van der Waals surface area (Å²) in [4.78, 5) is 12.6. The molecule has 0 aliphatic carbocycles. The fourth-order valence-corrected chi connectivity index (χ4v) is 1.98. The number of ether oxygens (including phenoxy) is 3. The predicted molar refractivity (Wildman–Crippen MR) is 94.5 cm³/mol. The Morgan fingerprint density at radius 2 is 1.39 bits per heavy atom. The third-order valence-electron chi connectivity index (χ3n) is 4.30. The van der Waals surface area contributed by atoms with Crippen LogP contribution in [0.15, 0.2) is 0 Å². The van der Waals surface area contributed by atoms with Crippen molar-refractivity contribution in [2.24, 2.45) is 10.8 Å². The molecule has 0 rings (SSSR count). The van der Waals surface area contributed by atoms with E-state index >= 15 is 0 Å². The Morgan fingerprint density at radius 3 is 1.74 bits per heavy atom. The first-order valence-corrected chi connectivity index (χ1v) is 8.42. The molecule has 0 aliphatic rings. The van der Waals surface area contributed by atoms with E-state index in [2.05, 4.69) is 41.5 Å². The standard InChI is InChI=1S/C19H38O4/c1-16(2,3)12-14(13-21-11)22-18(7,8)15(20)23-19(9,10)17(4,5)6/h14H,12-13H2,1-11H3. The Labute approximate surface area is 143 Å². The molecule has 0 aliphatic heterocycles. The lowest BCUT2D eigenvalue weighted by molar-refractivity contribution is -0.200. The molecular weight excluding hydrogens is 292 g/mol. The van der Waals surface area contributed by atoms with E-state index in [0.29, 0.717) is 6.61 Å². The van der Waals surface area contributed by atoms with Crippen molar-refractivity contribution in [1.29, 1.82) is 0 Å². The molecule has 0 aromatic carbocycles. The van der Waals surface area contributed by atoms with Crippen molar-refractivity contribution in [2.75, 3.05) is 13.7 Å². The minimum atomic E-state index is -1.02. The van der Waals surface area contributed by atoms with Gasteiger partial charge in [-0.15, -0.1) is 0 Å². The van der Waals surface area contributed by atoms with Gasteiger partial charge in [0.25, 0.3) is 0 Å². The summed E-state index contributed by atoms with van der Waals surface area (Å²) in [5.41, 5.74) is -1.66. The number of esters is 1. The van der Waals surface area contributed by atoms with Crippen molar-refractivity contribution in [3.63, 3.8) is 0 Å². The van der Waals surface area contributed by atoms with Gasteiger partial charge in [-0.3, -0.25) is 0 Å². The van der Waals surface area contributed by atoms with Gasteiger partial charge in [-0.05, 0) is 39.5 Å². The van der Waals surface area contributed by atoms with Crippen LogP contribution >= 0.6 is 0 Å². The fraction of sp³-hybridized carbons (Fsp3) is 0.947. The quantitative estimate of drug-likeness (QED) is 0.640. The first-order chi connectivity index (χ1) is 10.0. The van der Waals surface area contributed by atoms with Gasteiger partial charge in [0.15, 0.2) is 5.60 Å². The highest BCUT2D eigenvalue weighted by atomic mass is 16.6. The van der Waals surface area contributed by atoms with Gasteiger partial charge in [-0.1, -0.05) is 41.5 Å². The Morgan fingerprint density at radius 1 is 0.913 bits per heavy atom. The minimum Gasteiger partial charge on any atom is -0.457 e. The molecule has 0 radical (unpaired) electrons. The summed E-state index contributed by atoms with van der Waals surface area (Å²) >= 11 is 0. The average molecular weight is 331 g/mol. The van der Waals surface area contributed by atoms with Crippen molar-refractivity contribution < 1.29 is 19.0 Å². The van der Waals surface area contributed by atoms with Crippen LogP contribution in [0.3, 0.4) is 0 Å². The smallest absolute Gasteiger partial charge is 0.338 e. The van der Waals surface area contributed by atoms with E-state index in [1.165, 1.54) is 0 Å². The summed E-state index contributed by atoms with van der Waals surface area (Å²) in [5.74, 6) is -0.340. The highest BCUT2D eigenvalue weighted by molar-refractivity contribution is 5.79. The zero-order valence-corrected chi connectivity index (χ0v) is 17.1. The van der Waals surface area contributed by atoms with E-state index in [1.54, 1.807) is 21.0 Å². The minimum absolute atomic E-state index is 0.0911. The monoisotopic (exact) mass is 330 g/mol. The van der Waals surface area contributed by atoms with E-state index in [9.17, 15) is 4.79 Å². The van der Waals surface area contributed by atoms with E-state index in [4.69, 9.17) is 14.2 Å². The summed E-state index contributed by atoms with van der Waals surface area (Å²) in [6.45, 7) is 20.5. The lowest BCUT2D eigenvalue weighted by Crippen LogP contribution is -2.49. The van der Waals surface area contributed by atoms with Gasteiger partial charge in [0.05, 0.1) is 12.7 Å². The largest absolute Gasteiger partial charge is 0.457 e. The van der Waals surface area contributed by atoms with Crippen molar-refractivity contribution in [3.05, 3.63) is 0 Å². The first kappa shape index (κ1) is 22.4. The van der Waals surface area contributed by atoms with Crippen LogP contribution in [-0.2, 0) is 19.0 Å². The molecule has 0 amide bonds. The Bertz CT molecular complexity index is 383. The number of carbonyl (C=O) groups excluding carboxylic acids is 1. The lowest BCUT2D eigenvalue weighted by atomic mass is 9.79. The number of methoxy groups -OCH3 is 1. The Balaban J connectivity index is 5.04. The molecule has 0 heterocycles. The van der Waals surface area contributed by atoms with Gasteiger partial charge < -0.3 is 14.2 Å². The molecule has 0 N–H and O–H groups in total. The number of hydrogen-bond acceptors (Lipinski definition) is 4. The second-order valence-corrected chi connectivity index (χ2v) is 9.62. The summed E-state index contributed by atoms with van der Waals surface area (Å²) in [7, 11) is 1.65. The molecule has 0 aromatic rings. The molecule has 0 aromatic heterocycles. The van der Waals surface area contributed by atoms with Crippen LogP contribution in [-0.4, -0.2) is 37.0 Å². The number of carbonyl (C=O) groups is 1. The summed E-state index contributed by atoms with van der Waals surface area (Å²) < 4.78 is 17.1. The average Bonchev–Trinajstić information content (AvgIpc) is 2.23. The lowest BCUT2D eigenvalue weighted by Gasteiger charge is -2.41. The van der Waals surface area contributed by atoms with Crippen LogP contribution in [0.4, 0.5) is 0 Å². The van der Waals surface area contributed by atoms with Crippen LogP contribution in [0.5, 0.6) is 0 Å². The first-order valence-electron chi connectivity index (χ1n) is 8.42. The highest BCUT2D eigenvalue weighted by Gasteiger charge is 2.42. The van der Waals surface area contributed by atoms with Crippen LogP contribution < -0.4 is 0 Å². The molecule has 1 unspecified atom stereocenters. The highest BCUT2D eigenvalue weighted by Crippen LogP contribution is 2.35. The second kappa shape index (κ2) is 7.52. The van der Waals surface area contributed by atoms with E-state index < -0.39 is 11.2 Å². The molecule has 4 heteroatoms.